The van der Waals surface area contributed by atoms with E-state index in [0.29, 0.717) is 5.56 Å². The summed E-state index contributed by atoms with van der Waals surface area (Å²) < 4.78 is 37.3. The maximum Gasteiger partial charge on any atom is 0.416 e. The van der Waals surface area contributed by atoms with Crippen molar-refractivity contribution in [2.24, 2.45) is 0 Å². The fourth-order valence-electron chi connectivity index (χ4n) is 1.88. The van der Waals surface area contributed by atoms with Gasteiger partial charge >= 0.3 is 6.18 Å². The molecule has 0 spiro atoms. The molecular weight excluding hydrogens is 243 g/mol. The van der Waals surface area contributed by atoms with Crippen LogP contribution in [0.4, 0.5) is 13.2 Å². The van der Waals surface area contributed by atoms with Gasteiger partial charge in [-0.3, -0.25) is 0 Å². The van der Waals surface area contributed by atoms with Gasteiger partial charge in [0.2, 0.25) is 0 Å². The molecule has 1 atom stereocenters. The number of alkyl halides is 3. The summed E-state index contributed by atoms with van der Waals surface area (Å²) in [6, 6.07) is 4.98. The Labute approximate surface area is 105 Å². The fraction of sp³-hybridized carbons (Fsp3) is 0.538. The number of nitrogens with one attached hydrogen (secondary N) is 1. The Morgan fingerprint density at radius 3 is 1.89 bits per heavy atom. The first-order valence-corrected chi connectivity index (χ1v) is 5.75. The smallest absolute Gasteiger partial charge is 0.394 e. The molecule has 2 N–H and O–H groups in total. The van der Waals surface area contributed by atoms with Gasteiger partial charge in [-0.2, -0.15) is 13.2 Å². The Hall–Kier alpha value is -1.07. The highest BCUT2D eigenvalue weighted by Gasteiger charge is 2.32. The van der Waals surface area contributed by atoms with Crippen molar-refractivity contribution in [2.45, 2.75) is 38.5 Å². The van der Waals surface area contributed by atoms with Crippen molar-refractivity contribution in [1.82, 2.24) is 5.32 Å². The van der Waals surface area contributed by atoms with Gasteiger partial charge in [-0.05, 0) is 38.5 Å². The quantitative estimate of drug-likeness (QED) is 0.873. The summed E-state index contributed by atoms with van der Waals surface area (Å²) in [5, 5.41) is 12.6. The van der Waals surface area contributed by atoms with Gasteiger partial charge in [0.25, 0.3) is 0 Å². The van der Waals surface area contributed by atoms with Gasteiger partial charge in [0, 0.05) is 6.04 Å². The van der Waals surface area contributed by atoms with Gasteiger partial charge in [-0.15, -0.1) is 0 Å². The second-order valence-corrected chi connectivity index (χ2v) is 4.86. The molecule has 1 rings (SSSR count). The average molecular weight is 261 g/mol. The van der Waals surface area contributed by atoms with E-state index in [1.54, 1.807) is 6.92 Å². The highest BCUT2D eigenvalue weighted by Crippen LogP contribution is 2.31. The molecule has 0 heterocycles. The zero-order chi connectivity index (χ0) is 14.0. The molecule has 0 aliphatic carbocycles. The van der Waals surface area contributed by atoms with Crippen LogP contribution in [0.2, 0.25) is 0 Å². The molecule has 0 radical (unpaired) electrons. The predicted octanol–water partition coefficient (Wildman–Crippen LogP) is 2.91. The lowest BCUT2D eigenvalue weighted by Gasteiger charge is -2.32. The van der Waals surface area contributed by atoms with Crippen molar-refractivity contribution in [3.05, 3.63) is 35.4 Å². The lowest BCUT2D eigenvalue weighted by Crippen LogP contribution is -2.46. The topological polar surface area (TPSA) is 32.3 Å². The Morgan fingerprint density at radius 1 is 1.11 bits per heavy atom. The lowest BCUT2D eigenvalue weighted by molar-refractivity contribution is -0.137. The molecule has 0 saturated carbocycles. The summed E-state index contributed by atoms with van der Waals surface area (Å²) in [5.74, 6) is 0. The molecule has 1 unspecified atom stereocenters. The summed E-state index contributed by atoms with van der Waals surface area (Å²) in [4.78, 5) is 0. The van der Waals surface area contributed by atoms with Crippen LogP contribution in [0.25, 0.3) is 0 Å². The Bertz CT molecular complexity index is 386. The van der Waals surface area contributed by atoms with Crippen LogP contribution in [0, 0.1) is 0 Å². The first-order chi connectivity index (χ1) is 8.19. The Morgan fingerprint density at radius 2 is 1.56 bits per heavy atom. The second-order valence-electron chi connectivity index (χ2n) is 4.86. The number of hydrogen-bond donors (Lipinski definition) is 2. The molecule has 1 aromatic rings. The molecule has 1 aromatic carbocycles. The number of benzene rings is 1. The minimum absolute atomic E-state index is 0.115. The standard InChI is InChI=1S/C13H18F3NO/c1-9(2)17-12(3,8-18)10-4-6-11(7-5-10)13(14,15)16/h4-7,9,17-18H,8H2,1-3H3. The molecule has 102 valence electrons. The largest absolute Gasteiger partial charge is 0.416 e. The van der Waals surface area contributed by atoms with Crippen LogP contribution >= 0.6 is 0 Å². The molecule has 0 fully saturated rings. The maximum absolute atomic E-state index is 12.4. The highest BCUT2D eigenvalue weighted by molar-refractivity contribution is 5.29. The van der Waals surface area contributed by atoms with Crippen molar-refractivity contribution in [2.75, 3.05) is 6.61 Å². The SMILES string of the molecule is CC(C)NC(C)(CO)c1ccc(C(F)(F)F)cc1. The molecule has 0 aliphatic heterocycles. The molecule has 0 bridgehead atoms. The van der Waals surface area contributed by atoms with E-state index in [1.807, 2.05) is 13.8 Å². The fourth-order valence-corrected chi connectivity index (χ4v) is 1.88. The van der Waals surface area contributed by atoms with Crippen LogP contribution in [0.5, 0.6) is 0 Å². The van der Waals surface area contributed by atoms with Crippen molar-refractivity contribution >= 4 is 0 Å². The van der Waals surface area contributed by atoms with Crippen LogP contribution in [-0.4, -0.2) is 17.8 Å². The molecular formula is C13H18F3NO. The zero-order valence-electron chi connectivity index (χ0n) is 10.7. The van der Waals surface area contributed by atoms with E-state index in [2.05, 4.69) is 5.32 Å². The van der Waals surface area contributed by atoms with E-state index in [1.165, 1.54) is 12.1 Å². The molecule has 0 saturated heterocycles. The monoisotopic (exact) mass is 261 g/mol. The van der Waals surface area contributed by atoms with Gasteiger partial charge in [-0.1, -0.05) is 12.1 Å². The Balaban J connectivity index is 3.02. The van der Waals surface area contributed by atoms with Gasteiger partial charge in [0.05, 0.1) is 17.7 Å². The number of halogens is 3. The van der Waals surface area contributed by atoms with Crippen LogP contribution in [0.1, 0.15) is 31.9 Å². The molecule has 18 heavy (non-hydrogen) atoms. The number of aliphatic hydroxyl groups excluding tert-OH is 1. The van der Waals surface area contributed by atoms with E-state index in [4.69, 9.17) is 0 Å². The van der Waals surface area contributed by atoms with Gasteiger partial charge < -0.3 is 10.4 Å². The van der Waals surface area contributed by atoms with E-state index >= 15 is 0 Å². The van der Waals surface area contributed by atoms with E-state index in [0.717, 1.165) is 12.1 Å². The molecule has 5 heteroatoms. The first kappa shape index (κ1) is 15.0. The predicted molar refractivity (Wildman–Crippen MR) is 64.2 cm³/mol. The molecule has 0 aromatic heterocycles. The van der Waals surface area contributed by atoms with E-state index in [-0.39, 0.29) is 12.6 Å². The number of hydrogen-bond acceptors (Lipinski definition) is 2. The molecule has 0 aliphatic rings. The molecule has 0 amide bonds. The van der Waals surface area contributed by atoms with Gasteiger partial charge in [-0.25, -0.2) is 0 Å². The van der Waals surface area contributed by atoms with Crippen molar-refractivity contribution < 1.29 is 18.3 Å². The Kier molecular flexibility index (Phi) is 4.40. The van der Waals surface area contributed by atoms with Crippen molar-refractivity contribution in [3.8, 4) is 0 Å². The van der Waals surface area contributed by atoms with E-state index < -0.39 is 17.3 Å². The maximum atomic E-state index is 12.4. The summed E-state index contributed by atoms with van der Waals surface area (Å²) in [6.07, 6.45) is -4.33. The summed E-state index contributed by atoms with van der Waals surface area (Å²) >= 11 is 0. The third-order valence-corrected chi connectivity index (χ3v) is 2.77. The van der Waals surface area contributed by atoms with Crippen molar-refractivity contribution in [3.63, 3.8) is 0 Å². The summed E-state index contributed by atoms with van der Waals surface area (Å²) in [7, 11) is 0. The van der Waals surface area contributed by atoms with E-state index in [9.17, 15) is 18.3 Å². The van der Waals surface area contributed by atoms with Crippen LogP contribution in [-0.2, 0) is 11.7 Å². The van der Waals surface area contributed by atoms with Crippen molar-refractivity contribution in [1.29, 1.82) is 0 Å². The van der Waals surface area contributed by atoms with Crippen LogP contribution in [0.15, 0.2) is 24.3 Å². The summed E-state index contributed by atoms with van der Waals surface area (Å²) in [5.41, 5.74) is -0.791. The zero-order valence-corrected chi connectivity index (χ0v) is 10.7. The lowest BCUT2D eigenvalue weighted by atomic mass is 9.91. The second kappa shape index (κ2) is 5.28. The van der Waals surface area contributed by atoms with Gasteiger partial charge in [0.15, 0.2) is 0 Å². The van der Waals surface area contributed by atoms with Crippen LogP contribution in [0.3, 0.4) is 0 Å². The summed E-state index contributed by atoms with van der Waals surface area (Å²) in [6.45, 7) is 5.40. The number of rotatable bonds is 4. The van der Waals surface area contributed by atoms with Gasteiger partial charge in [0.1, 0.15) is 0 Å². The minimum Gasteiger partial charge on any atom is -0.394 e. The minimum atomic E-state index is -4.33. The highest BCUT2D eigenvalue weighted by atomic mass is 19.4. The first-order valence-electron chi connectivity index (χ1n) is 5.75. The molecule has 2 nitrogen and oxygen atoms in total. The normalized spacial score (nSPS) is 15.8. The third kappa shape index (κ3) is 3.46. The van der Waals surface area contributed by atoms with Crippen LogP contribution < -0.4 is 5.32 Å². The average Bonchev–Trinajstić information content (AvgIpc) is 2.27. The number of aliphatic hydroxyl groups is 1. The third-order valence-electron chi connectivity index (χ3n) is 2.77.